The van der Waals surface area contributed by atoms with Crippen molar-refractivity contribution in [3.05, 3.63) is 37.0 Å². The van der Waals surface area contributed by atoms with E-state index in [9.17, 15) is 4.79 Å². The van der Waals surface area contributed by atoms with Gasteiger partial charge in [0.1, 0.15) is 0 Å². The zero-order valence-corrected chi connectivity index (χ0v) is 17.8. The number of nitrogens with one attached hydrogen (secondary N) is 2. The molecule has 0 aliphatic carbocycles. The third-order valence-electron chi connectivity index (χ3n) is 6.61. The molecule has 0 spiro atoms. The molecular formula is C23H28N6O2. The van der Waals surface area contributed by atoms with Crippen LogP contribution in [0.15, 0.2) is 41.4 Å². The molecule has 3 aromatic rings. The van der Waals surface area contributed by atoms with Crippen molar-refractivity contribution in [3.63, 3.8) is 0 Å². The average molecular weight is 421 g/mol. The second-order valence-corrected chi connectivity index (χ2v) is 8.61. The molecule has 2 N–H and O–H groups in total. The summed E-state index contributed by atoms with van der Waals surface area (Å²) in [5, 5.41) is 7.29. The summed E-state index contributed by atoms with van der Waals surface area (Å²) >= 11 is 0. The standard InChI is InChI=1S/C23H28N6O2/c1-15-10-17(6-9-29(15)19-4-7-24-8-5-19)22(30)28-23-26-12-18-3-2-16(11-20(18)27-23)21-13-25-14-31-21/h2-3,11-15,17,19,24H,4-10H2,1H3,(H,26,27,28,30)/t15-,17?/m1/s1. The molecule has 1 amide bonds. The summed E-state index contributed by atoms with van der Waals surface area (Å²) in [5.74, 6) is 1.04. The molecule has 0 saturated carbocycles. The maximum absolute atomic E-state index is 12.9. The first-order valence-corrected chi connectivity index (χ1v) is 11.1. The predicted molar refractivity (Wildman–Crippen MR) is 118 cm³/mol. The van der Waals surface area contributed by atoms with Crippen molar-refractivity contribution in [1.82, 2.24) is 25.2 Å². The second-order valence-electron chi connectivity index (χ2n) is 8.61. The molecule has 8 heteroatoms. The van der Waals surface area contributed by atoms with Crippen LogP contribution in [0, 0.1) is 5.92 Å². The normalized spacial score (nSPS) is 23.1. The number of nitrogens with zero attached hydrogens (tertiary/aromatic N) is 4. The number of anilines is 1. The molecule has 0 radical (unpaired) electrons. The zero-order valence-electron chi connectivity index (χ0n) is 17.8. The van der Waals surface area contributed by atoms with E-state index < -0.39 is 0 Å². The summed E-state index contributed by atoms with van der Waals surface area (Å²) in [6.45, 7) is 5.41. The third kappa shape index (κ3) is 4.31. The molecule has 4 heterocycles. The summed E-state index contributed by atoms with van der Waals surface area (Å²) < 4.78 is 5.37. The van der Waals surface area contributed by atoms with Crippen molar-refractivity contribution in [2.24, 2.45) is 5.92 Å². The number of piperidine rings is 2. The lowest BCUT2D eigenvalue weighted by Gasteiger charge is -2.43. The topological polar surface area (TPSA) is 96.2 Å². The van der Waals surface area contributed by atoms with Crippen LogP contribution in [0.25, 0.3) is 22.2 Å². The minimum atomic E-state index is -0.00668. The predicted octanol–water partition coefficient (Wildman–Crippen LogP) is 3.08. The summed E-state index contributed by atoms with van der Waals surface area (Å²) in [7, 11) is 0. The summed E-state index contributed by atoms with van der Waals surface area (Å²) in [4.78, 5) is 28.4. The zero-order chi connectivity index (χ0) is 21.2. The number of hydrogen-bond donors (Lipinski definition) is 2. The fourth-order valence-corrected chi connectivity index (χ4v) is 4.92. The lowest BCUT2D eigenvalue weighted by Crippen LogP contribution is -2.51. The molecule has 162 valence electrons. The Bertz CT molecular complexity index is 1050. The minimum absolute atomic E-state index is 0.00668. The van der Waals surface area contributed by atoms with Crippen LogP contribution >= 0.6 is 0 Å². The van der Waals surface area contributed by atoms with Crippen molar-refractivity contribution in [3.8, 4) is 11.3 Å². The van der Waals surface area contributed by atoms with Gasteiger partial charge in [-0.05, 0) is 58.3 Å². The van der Waals surface area contributed by atoms with Gasteiger partial charge in [0.15, 0.2) is 12.2 Å². The Balaban J connectivity index is 1.25. The van der Waals surface area contributed by atoms with E-state index in [1.165, 1.54) is 19.2 Å². The number of likely N-dealkylation sites (tertiary alicyclic amines) is 1. The van der Waals surface area contributed by atoms with E-state index in [2.05, 4.69) is 37.4 Å². The highest BCUT2D eigenvalue weighted by atomic mass is 16.3. The number of amides is 1. The van der Waals surface area contributed by atoms with Crippen LogP contribution < -0.4 is 10.6 Å². The van der Waals surface area contributed by atoms with Crippen LogP contribution in [-0.4, -0.2) is 57.5 Å². The highest BCUT2D eigenvalue weighted by Crippen LogP contribution is 2.28. The SMILES string of the molecule is C[C@@H]1CC(C(=O)Nc2ncc3ccc(-c4cnco4)cc3n2)CCN1C1CCNCC1. The summed E-state index contributed by atoms with van der Waals surface area (Å²) in [6, 6.07) is 6.86. The number of carbonyl (C=O) groups excluding carboxylic acids is 1. The lowest BCUT2D eigenvalue weighted by atomic mass is 9.88. The molecule has 31 heavy (non-hydrogen) atoms. The molecule has 1 aromatic carbocycles. The maximum atomic E-state index is 12.9. The van der Waals surface area contributed by atoms with Gasteiger partial charge in [-0.25, -0.2) is 15.0 Å². The van der Waals surface area contributed by atoms with Crippen LogP contribution in [0.2, 0.25) is 0 Å². The smallest absolute Gasteiger partial charge is 0.229 e. The van der Waals surface area contributed by atoms with Gasteiger partial charge in [0, 0.05) is 35.1 Å². The van der Waals surface area contributed by atoms with Crippen molar-refractivity contribution in [2.45, 2.75) is 44.7 Å². The summed E-state index contributed by atoms with van der Waals surface area (Å²) in [6.07, 6.45) is 8.96. The number of fused-ring (bicyclic) bond motifs is 1. The van der Waals surface area contributed by atoms with Crippen LogP contribution in [0.5, 0.6) is 0 Å². The fraction of sp³-hybridized carbons (Fsp3) is 0.478. The van der Waals surface area contributed by atoms with Crippen LogP contribution in [-0.2, 0) is 4.79 Å². The average Bonchev–Trinajstić information content (AvgIpc) is 3.34. The van der Waals surface area contributed by atoms with Crippen molar-refractivity contribution < 1.29 is 9.21 Å². The Morgan fingerprint density at radius 2 is 2.10 bits per heavy atom. The fourth-order valence-electron chi connectivity index (χ4n) is 4.92. The molecular weight excluding hydrogens is 392 g/mol. The monoisotopic (exact) mass is 420 g/mol. The first-order chi connectivity index (χ1) is 15.2. The van der Waals surface area contributed by atoms with Gasteiger partial charge < -0.3 is 9.73 Å². The van der Waals surface area contributed by atoms with E-state index in [0.29, 0.717) is 23.8 Å². The molecule has 5 rings (SSSR count). The number of hydrogen-bond acceptors (Lipinski definition) is 7. The van der Waals surface area contributed by atoms with Gasteiger partial charge in [-0.2, -0.15) is 0 Å². The van der Waals surface area contributed by atoms with Crippen LogP contribution in [0.3, 0.4) is 0 Å². The number of carbonyl (C=O) groups is 1. The number of aromatic nitrogens is 3. The van der Waals surface area contributed by atoms with Crippen LogP contribution in [0.4, 0.5) is 5.95 Å². The lowest BCUT2D eigenvalue weighted by molar-refractivity contribution is -0.122. The van der Waals surface area contributed by atoms with E-state index in [1.54, 1.807) is 12.4 Å². The Kier molecular flexibility index (Phi) is 5.65. The first-order valence-electron chi connectivity index (χ1n) is 11.1. The van der Waals surface area contributed by atoms with E-state index in [-0.39, 0.29) is 11.8 Å². The molecule has 2 saturated heterocycles. The number of benzene rings is 1. The first kappa shape index (κ1) is 20.1. The van der Waals surface area contributed by atoms with Gasteiger partial charge in [0.05, 0.1) is 11.7 Å². The van der Waals surface area contributed by atoms with Gasteiger partial charge in [-0.3, -0.25) is 15.0 Å². The Morgan fingerprint density at radius 1 is 1.23 bits per heavy atom. The van der Waals surface area contributed by atoms with Gasteiger partial charge in [0.2, 0.25) is 11.9 Å². The quantitative estimate of drug-likeness (QED) is 0.670. The number of rotatable bonds is 4. The Labute approximate surface area is 181 Å². The maximum Gasteiger partial charge on any atom is 0.229 e. The van der Waals surface area contributed by atoms with Gasteiger partial charge >= 0.3 is 0 Å². The molecule has 0 bridgehead atoms. The van der Waals surface area contributed by atoms with Crippen molar-refractivity contribution in [1.29, 1.82) is 0 Å². The summed E-state index contributed by atoms with van der Waals surface area (Å²) in [5.41, 5.74) is 1.65. The Morgan fingerprint density at radius 3 is 2.87 bits per heavy atom. The van der Waals surface area contributed by atoms with Gasteiger partial charge in [-0.15, -0.1) is 0 Å². The highest BCUT2D eigenvalue weighted by Gasteiger charge is 2.34. The van der Waals surface area contributed by atoms with E-state index in [0.717, 1.165) is 48.9 Å². The van der Waals surface area contributed by atoms with Gasteiger partial charge in [0.25, 0.3) is 0 Å². The van der Waals surface area contributed by atoms with Crippen LogP contribution in [0.1, 0.15) is 32.6 Å². The number of oxazole rings is 1. The molecule has 8 nitrogen and oxygen atoms in total. The largest absolute Gasteiger partial charge is 0.444 e. The van der Waals surface area contributed by atoms with E-state index >= 15 is 0 Å². The highest BCUT2D eigenvalue weighted by molar-refractivity contribution is 5.92. The Hall–Kier alpha value is -2.84. The second kappa shape index (κ2) is 8.72. The molecule has 2 fully saturated rings. The van der Waals surface area contributed by atoms with Crippen molar-refractivity contribution in [2.75, 3.05) is 25.0 Å². The van der Waals surface area contributed by atoms with Gasteiger partial charge in [-0.1, -0.05) is 12.1 Å². The van der Waals surface area contributed by atoms with E-state index in [1.807, 2.05) is 18.2 Å². The molecule has 2 aliphatic rings. The minimum Gasteiger partial charge on any atom is -0.444 e. The molecule has 1 unspecified atom stereocenters. The molecule has 2 aliphatic heterocycles. The molecule has 2 aromatic heterocycles. The van der Waals surface area contributed by atoms with Crippen molar-refractivity contribution >= 4 is 22.8 Å². The molecule has 2 atom stereocenters. The van der Waals surface area contributed by atoms with E-state index in [4.69, 9.17) is 4.42 Å². The third-order valence-corrected chi connectivity index (χ3v) is 6.61.